The molecule has 0 radical (unpaired) electrons. The Morgan fingerprint density at radius 3 is 2.44 bits per heavy atom. The van der Waals surface area contributed by atoms with Crippen LogP contribution in [0, 0.1) is 0 Å². The maximum atomic E-state index is 11.9. The minimum Gasteiger partial charge on any atom is -0.325 e. The standard InChI is InChI=1S/C11H15F3N4/c12-11(13,14)7-4-8-16-10(18-15)17-9-5-2-1-3-6-9/h1-3,5-6H,4,7-8,15H2,(H2,16,17,18). The molecular weight excluding hydrogens is 245 g/mol. The van der Waals surface area contributed by atoms with Crippen LogP contribution in [-0.2, 0) is 0 Å². The lowest BCUT2D eigenvalue weighted by Gasteiger charge is -2.09. The molecular formula is C11H15F3N4. The quantitative estimate of drug-likeness (QED) is 0.256. The van der Waals surface area contributed by atoms with E-state index in [-0.39, 0.29) is 18.9 Å². The molecule has 0 saturated carbocycles. The molecule has 0 saturated heterocycles. The van der Waals surface area contributed by atoms with Gasteiger partial charge >= 0.3 is 6.18 Å². The van der Waals surface area contributed by atoms with Crippen molar-refractivity contribution in [2.24, 2.45) is 10.8 Å². The molecule has 4 nitrogen and oxygen atoms in total. The van der Waals surface area contributed by atoms with Gasteiger partial charge in [0.05, 0.1) is 0 Å². The van der Waals surface area contributed by atoms with E-state index in [1.165, 1.54) is 0 Å². The number of hydrazine groups is 1. The molecule has 0 aliphatic rings. The Morgan fingerprint density at radius 1 is 1.22 bits per heavy atom. The Morgan fingerprint density at radius 2 is 1.89 bits per heavy atom. The lowest BCUT2D eigenvalue weighted by Crippen LogP contribution is -2.36. The molecule has 0 spiro atoms. The van der Waals surface area contributed by atoms with Crippen molar-refractivity contribution in [3.8, 4) is 0 Å². The fraction of sp³-hybridized carbons (Fsp3) is 0.364. The summed E-state index contributed by atoms with van der Waals surface area (Å²) in [6.45, 7) is 0.0544. The fourth-order valence-corrected chi connectivity index (χ4v) is 1.25. The molecule has 18 heavy (non-hydrogen) atoms. The van der Waals surface area contributed by atoms with Gasteiger partial charge in [0, 0.05) is 18.7 Å². The molecule has 0 aliphatic heterocycles. The van der Waals surface area contributed by atoms with Crippen molar-refractivity contribution in [1.29, 1.82) is 0 Å². The van der Waals surface area contributed by atoms with Gasteiger partial charge in [-0.1, -0.05) is 18.2 Å². The molecule has 0 heterocycles. The summed E-state index contributed by atoms with van der Waals surface area (Å²) in [5.41, 5.74) is 3.06. The van der Waals surface area contributed by atoms with Gasteiger partial charge < -0.3 is 5.32 Å². The van der Waals surface area contributed by atoms with E-state index >= 15 is 0 Å². The van der Waals surface area contributed by atoms with E-state index in [1.807, 2.05) is 18.2 Å². The topological polar surface area (TPSA) is 62.4 Å². The average molecular weight is 260 g/mol. The van der Waals surface area contributed by atoms with Crippen LogP contribution < -0.4 is 16.6 Å². The highest BCUT2D eigenvalue weighted by Gasteiger charge is 2.25. The lowest BCUT2D eigenvalue weighted by molar-refractivity contribution is -0.134. The van der Waals surface area contributed by atoms with E-state index in [1.54, 1.807) is 12.1 Å². The van der Waals surface area contributed by atoms with Crippen LogP contribution in [0.1, 0.15) is 12.8 Å². The number of hydrogen-bond acceptors (Lipinski definition) is 2. The molecule has 1 aromatic carbocycles. The van der Waals surface area contributed by atoms with Gasteiger partial charge in [0.2, 0.25) is 5.96 Å². The molecule has 0 aromatic heterocycles. The minimum absolute atomic E-state index is 0.0544. The normalized spacial score (nSPS) is 12.3. The van der Waals surface area contributed by atoms with Crippen LogP contribution in [0.2, 0.25) is 0 Å². The van der Waals surface area contributed by atoms with Crippen LogP contribution in [-0.4, -0.2) is 18.7 Å². The summed E-state index contributed by atoms with van der Waals surface area (Å²) >= 11 is 0. The second kappa shape index (κ2) is 6.85. The summed E-state index contributed by atoms with van der Waals surface area (Å²) in [5.74, 6) is 5.46. The maximum absolute atomic E-state index is 11.9. The van der Waals surface area contributed by atoms with Crippen molar-refractivity contribution in [3.63, 3.8) is 0 Å². The first-order chi connectivity index (χ1) is 8.51. The first-order valence-electron chi connectivity index (χ1n) is 5.41. The Balaban J connectivity index is 2.41. The molecule has 7 heteroatoms. The number of nitrogens with two attached hydrogens (primary N) is 1. The number of halogens is 3. The zero-order valence-corrected chi connectivity index (χ0v) is 9.67. The zero-order chi connectivity index (χ0) is 13.4. The number of aliphatic imine (C=N–C) groups is 1. The van der Waals surface area contributed by atoms with Gasteiger partial charge in [-0.05, 0) is 18.6 Å². The van der Waals surface area contributed by atoms with Gasteiger partial charge in [-0.3, -0.25) is 10.4 Å². The lowest BCUT2D eigenvalue weighted by atomic mass is 10.3. The van der Waals surface area contributed by atoms with Gasteiger partial charge in [-0.15, -0.1) is 0 Å². The van der Waals surface area contributed by atoms with Crippen molar-refractivity contribution < 1.29 is 13.2 Å². The second-order valence-corrected chi connectivity index (χ2v) is 3.58. The number of anilines is 1. The summed E-state index contributed by atoms with van der Waals surface area (Å²) < 4.78 is 35.7. The summed E-state index contributed by atoms with van der Waals surface area (Å²) in [6.07, 6.45) is -5.05. The molecule has 100 valence electrons. The predicted molar refractivity (Wildman–Crippen MR) is 65.0 cm³/mol. The van der Waals surface area contributed by atoms with E-state index in [2.05, 4.69) is 15.7 Å². The van der Waals surface area contributed by atoms with E-state index in [0.29, 0.717) is 0 Å². The summed E-state index contributed by atoms with van der Waals surface area (Å²) in [6, 6.07) is 9.08. The molecule has 0 bridgehead atoms. The highest BCUT2D eigenvalue weighted by atomic mass is 19.4. The SMILES string of the molecule is NNC(=NCCCC(F)(F)F)Nc1ccccc1. The van der Waals surface area contributed by atoms with Gasteiger partial charge in [-0.2, -0.15) is 13.2 Å². The number of benzene rings is 1. The van der Waals surface area contributed by atoms with Gasteiger partial charge in [0.1, 0.15) is 0 Å². The van der Waals surface area contributed by atoms with Crippen molar-refractivity contribution >= 4 is 11.6 Å². The molecule has 1 aromatic rings. The minimum atomic E-state index is -4.14. The van der Waals surface area contributed by atoms with Crippen molar-refractivity contribution in [3.05, 3.63) is 30.3 Å². The van der Waals surface area contributed by atoms with Crippen LogP contribution >= 0.6 is 0 Å². The third-order valence-electron chi connectivity index (χ3n) is 2.06. The molecule has 0 amide bonds. The number of nitrogens with one attached hydrogen (secondary N) is 2. The zero-order valence-electron chi connectivity index (χ0n) is 9.67. The summed E-state index contributed by atoms with van der Waals surface area (Å²) in [4.78, 5) is 3.91. The van der Waals surface area contributed by atoms with Crippen LogP contribution in [0.4, 0.5) is 18.9 Å². The number of nitrogens with zero attached hydrogens (tertiary/aromatic N) is 1. The van der Waals surface area contributed by atoms with Crippen LogP contribution in [0.15, 0.2) is 35.3 Å². The molecule has 1 rings (SSSR count). The highest BCUT2D eigenvalue weighted by Crippen LogP contribution is 2.20. The Kier molecular flexibility index (Phi) is 5.44. The molecule has 0 atom stereocenters. The Hall–Kier alpha value is -1.76. The summed E-state index contributed by atoms with van der Waals surface area (Å²) in [5, 5.41) is 2.86. The third kappa shape index (κ3) is 6.09. The number of rotatable bonds is 4. The molecule has 4 N–H and O–H groups in total. The number of alkyl halides is 3. The number of guanidine groups is 1. The largest absolute Gasteiger partial charge is 0.389 e. The number of hydrogen-bond donors (Lipinski definition) is 3. The van der Waals surface area contributed by atoms with Crippen LogP contribution in [0.5, 0.6) is 0 Å². The average Bonchev–Trinajstić information content (AvgIpc) is 2.33. The molecule has 0 fully saturated rings. The summed E-state index contributed by atoms with van der Waals surface area (Å²) in [7, 11) is 0. The first-order valence-corrected chi connectivity index (χ1v) is 5.41. The fourth-order valence-electron chi connectivity index (χ4n) is 1.25. The van der Waals surface area contributed by atoms with Crippen LogP contribution in [0.25, 0.3) is 0 Å². The molecule has 0 aliphatic carbocycles. The van der Waals surface area contributed by atoms with Gasteiger partial charge in [-0.25, -0.2) is 5.84 Å². The Labute approximate surface area is 103 Å². The van der Waals surface area contributed by atoms with E-state index in [4.69, 9.17) is 5.84 Å². The van der Waals surface area contributed by atoms with E-state index < -0.39 is 12.6 Å². The number of para-hydroxylation sites is 1. The highest BCUT2D eigenvalue weighted by molar-refractivity contribution is 5.93. The van der Waals surface area contributed by atoms with Crippen molar-refractivity contribution in [2.45, 2.75) is 19.0 Å². The predicted octanol–water partition coefficient (Wildman–Crippen LogP) is 2.26. The van der Waals surface area contributed by atoms with Crippen molar-refractivity contribution in [1.82, 2.24) is 5.43 Å². The smallest absolute Gasteiger partial charge is 0.325 e. The van der Waals surface area contributed by atoms with E-state index in [0.717, 1.165) is 5.69 Å². The second-order valence-electron chi connectivity index (χ2n) is 3.58. The van der Waals surface area contributed by atoms with Crippen LogP contribution in [0.3, 0.4) is 0 Å². The van der Waals surface area contributed by atoms with Gasteiger partial charge in [0.15, 0.2) is 0 Å². The molecule has 0 unspecified atom stereocenters. The monoisotopic (exact) mass is 260 g/mol. The maximum Gasteiger partial charge on any atom is 0.389 e. The van der Waals surface area contributed by atoms with Crippen molar-refractivity contribution in [2.75, 3.05) is 11.9 Å². The third-order valence-corrected chi connectivity index (χ3v) is 2.06. The van der Waals surface area contributed by atoms with Gasteiger partial charge in [0.25, 0.3) is 0 Å². The first kappa shape index (κ1) is 14.3. The Bertz CT molecular complexity index is 376. The van der Waals surface area contributed by atoms with E-state index in [9.17, 15) is 13.2 Å².